The van der Waals surface area contributed by atoms with E-state index in [1.165, 1.54) is 0 Å². The minimum absolute atomic E-state index is 0.00924. The Morgan fingerprint density at radius 2 is 2.23 bits per heavy atom. The number of carbonyl (C=O) groups excluding carboxylic acids is 2. The van der Waals surface area contributed by atoms with Crippen molar-refractivity contribution in [2.75, 3.05) is 19.6 Å². The molecule has 0 saturated carbocycles. The summed E-state index contributed by atoms with van der Waals surface area (Å²) in [5.74, 6) is 0.532. The highest BCUT2D eigenvalue weighted by molar-refractivity contribution is 7.09. The number of thiophene rings is 1. The molecule has 1 N–H and O–H groups in total. The normalized spacial score (nSPS) is 17.5. The van der Waals surface area contributed by atoms with Gasteiger partial charge in [-0.1, -0.05) is 13.8 Å². The van der Waals surface area contributed by atoms with Crippen LogP contribution in [-0.2, 0) is 11.2 Å². The number of aromatic nitrogens is 1. The van der Waals surface area contributed by atoms with Crippen LogP contribution in [0.3, 0.4) is 0 Å². The van der Waals surface area contributed by atoms with Crippen molar-refractivity contribution in [2.45, 2.75) is 39.0 Å². The number of nitrogens with zero attached hydrogens (tertiary/aromatic N) is 2. The number of thiazole rings is 1. The summed E-state index contributed by atoms with van der Waals surface area (Å²) >= 11 is 3.23. The molecule has 0 bridgehead atoms. The molecule has 140 valence electrons. The summed E-state index contributed by atoms with van der Waals surface area (Å²) in [5.41, 5.74) is 1.81. The Morgan fingerprint density at radius 1 is 1.38 bits per heavy atom. The molecule has 1 atom stereocenters. The lowest BCUT2D eigenvalue weighted by Crippen LogP contribution is -2.38. The van der Waals surface area contributed by atoms with Gasteiger partial charge in [0.2, 0.25) is 5.91 Å². The minimum Gasteiger partial charge on any atom is -0.355 e. The van der Waals surface area contributed by atoms with Gasteiger partial charge in [-0.25, -0.2) is 4.98 Å². The summed E-state index contributed by atoms with van der Waals surface area (Å²) in [4.78, 5) is 30.9. The van der Waals surface area contributed by atoms with Gasteiger partial charge in [-0.05, 0) is 24.3 Å². The maximum Gasteiger partial charge on any atom is 0.254 e. The molecule has 1 aliphatic heterocycles. The number of carbonyl (C=O) groups is 2. The van der Waals surface area contributed by atoms with Gasteiger partial charge in [-0.3, -0.25) is 9.59 Å². The molecule has 0 spiro atoms. The molecule has 2 amide bonds. The quantitative estimate of drug-likeness (QED) is 0.819. The van der Waals surface area contributed by atoms with Crippen LogP contribution in [0.15, 0.2) is 22.2 Å². The first-order valence-corrected chi connectivity index (χ1v) is 10.9. The minimum atomic E-state index is 0.00924. The molecular weight excluding hydrogens is 366 g/mol. The Bertz CT molecular complexity index is 740. The molecule has 1 fully saturated rings. The zero-order valence-electron chi connectivity index (χ0n) is 15.2. The van der Waals surface area contributed by atoms with E-state index in [2.05, 4.69) is 10.7 Å². The van der Waals surface area contributed by atoms with E-state index < -0.39 is 0 Å². The van der Waals surface area contributed by atoms with Crippen LogP contribution in [0.25, 0.3) is 0 Å². The number of rotatable bonds is 6. The topological polar surface area (TPSA) is 62.3 Å². The maximum absolute atomic E-state index is 12.6. The third-order valence-electron chi connectivity index (χ3n) is 4.60. The summed E-state index contributed by atoms with van der Waals surface area (Å²) in [7, 11) is 0. The van der Waals surface area contributed by atoms with Gasteiger partial charge in [0, 0.05) is 48.7 Å². The highest BCUT2D eigenvalue weighted by Crippen LogP contribution is 2.30. The van der Waals surface area contributed by atoms with Crippen molar-refractivity contribution in [1.82, 2.24) is 15.2 Å². The predicted molar refractivity (Wildman–Crippen MR) is 106 cm³/mol. The number of amides is 2. The number of likely N-dealkylation sites (tertiary alicyclic amines) is 1. The van der Waals surface area contributed by atoms with Crippen molar-refractivity contribution >= 4 is 34.5 Å². The molecule has 2 aromatic heterocycles. The van der Waals surface area contributed by atoms with Gasteiger partial charge in [0.25, 0.3) is 5.91 Å². The van der Waals surface area contributed by atoms with Crippen LogP contribution in [0.2, 0.25) is 0 Å². The molecule has 3 heterocycles. The van der Waals surface area contributed by atoms with E-state index in [1.54, 1.807) is 22.7 Å². The summed E-state index contributed by atoms with van der Waals surface area (Å²) in [6, 6.07) is 1.89. The van der Waals surface area contributed by atoms with Crippen LogP contribution < -0.4 is 5.32 Å². The van der Waals surface area contributed by atoms with Crippen LogP contribution in [0.1, 0.15) is 53.7 Å². The smallest absolute Gasteiger partial charge is 0.254 e. The lowest BCUT2D eigenvalue weighted by atomic mass is 9.98. The van der Waals surface area contributed by atoms with Gasteiger partial charge in [0.1, 0.15) is 0 Å². The van der Waals surface area contributed by atoms with Crippen molar-refractivity contribution in [3.05, 3.63) is 38.5 Å². The zero-order valence-corrected chi connectivity index (χ0v) is 16.9. The fraction of sp³-hybridized carbons (Fsp3) is 0.526. The second-order valence-corrected chi connectivity index (χ2v) is 8.64. The van der Waals surface area contributed by atoms with Gasteiger partial charge in [-0.2, -0.15) is 11.3 Å². The molecule has 2 aromatic rings. The second kappa shape index (κ2) is 8.77. The lowest BCUT2D eigenvalue weighted by Gasteiger charge is -2.31. The molecule has 26 heavy (non-hydrogen) atoms. The van der Waals surface area contributed by atoms with Crippen LogP contribution in [-0.4, -0.2) is 41.3 Å². The van der Waals surface area contributed by atoms with Crippen LogP contribution in [0.4, 0.5) is 0 Å². The summed E-state index contributed by atoms with van der Waals surface area (Å²) in [5, 5.41) is 9.98. The van der Waals surface area contributed by atoms with E-state index in [1.807, 2.05) is 35.6 Å². The molecule has 0 aliphatic carbocycles. The molecule has 0 unspecified atom stereocenters. The predicted octanol–water partition coefficient (Wildman–Crippen LogP) is 3.54. The Hall–Kier alpha value is -1.73. The molecule has 5 nitrogen and oxygen atoms in total. The first-order valence-electron chi connectivity index (χ1n) is 9.08. The second-order valence-electron chi connectivity index (χ2n) is 6.98. The van der Waals surface area contributed by atoms with Crippen LogP contribution >= 0.6 is 22.7 Å². The van der Waals surface area contributed by atoms with Crippen LogP contribution in [0, 0.1) is 5.92 Å². The third-order valence-corrected chi connectivity index (χ3v) is 6.34. The fourth-order valence-corrected chi connectivity index (χ4v) is 4.69. The van der Waals surface area contributed by atoms with E-state index >= 15 is 0 Å². The molecular formula is C19H25N3O2S2. The van der Waals surface area contributed by atoms with Gasteiger partial charge >= 0.3 is 0 Å². The van der Waals surface area contributed by atoms with Gasteiger partial charge in [-0.15, -0.1) is 11.3 Å². The average molecular weight is 392 g/mol. The van der Waals surface area contributed by atoms with E-state index in [9.17, 15) is 9.59 Å². The highest BCUT2D eigenvalue weighted by atomic mass is 32.1. The van der Waals surface area contributed by atoms with Crippen molar-refractivity contribution in [1.29, 1.82) is 0 Å². The van der Waals surface area contributed by atoms with Gasteiger partial charge < -0.3 is 10.2 Å². The van der Waals surface area contributed by atoms with Crippen molar-refractivity contribution < 1.29 is 9.59 Å². The molecule has 0 aromatic carbocycles. The Kier molecular flexibility index (Phi) is 6.43. The summed E-state index contributed by atoms with van der Waals surface area (Å²) in [6.45, 7) is 5.97. The number of nitrogens with one attached hydrogen (secondary N) is 1. The van der Waals surface area contributed by atoms with E-state index in [0.717, 1.165) is 48.6 Å². The Labute approximate surface area is 162 Å². The van der Waals surface area contributed by atoms with E-state index in [-0.39, 0.29) is 17.7 Å². The van der Waals surface area contributed by atoms with Crippen molar-refractivity contribution in [3.63, 3.8) is 0 Å². The molecule has 1 saturated heterocycles. The first kappa shape index (κ1) is 19.0. The third kappa shape index (κ3) is 4.71. The molecule has 7 heteroatoms. The SMILES string of the molecule is CC(C)C(=O)NCCc1csc([C@@H]2CCCN(C(=O)c3ccsc3)C2)n1. The monoisotopic (exact) mass is 391 g/mol. The number of piperidine rings is 1. The highest BCUT2D eigenvalue weighted by Gasteiger charge is 2.27. The standard InChI is InChI=1S/C19H25N3O2S2/c1-13(2)17(23)20-7-5-16-12-26-18(21-16)14-4-3-8-22(10-14)19(24)15-6-9-25-11-15/h6,9,11-14H,3-5,7-8,10H2,1-2H3,(H,20,23)/t14-/m1/s1. The molecule has 0 radical (unpaired) electrons. The summed E-state index contributed by atoms with van der Waals surface area (Å²) < 4.78 is 0. The van der Waals surface area contributed by atoms with Crippen molar-refractivity contribution in [2.24, 2.45) is 5.92 Å². The largest absolute Gasteiger partial charge is 0.355 e. The van der Waals surface area contributed by atoms with Gasteiger partial charge in [0.05, 0.1) is 16.3 Å². The fourth-order valence-electron chi connectivity index (χ4n) is 3.07. The lowest BCUT2D eigenvalue weighted by molar-refractivity contribution is -0.123. The first-order chi connectivity index (χ1) is 12.5. The zero-order chi connectivity index (χ0) is 18.5. The van der Waals surface area contributed by atoms with E-state index in [0.29, 0.717) is 12.5 Å². The van der Waals surface area contributed by atoms with Crippen LogP contribution in [0.5, 0.6) is 0 Å². The molecule has 3 rings (SSSR count). The summed E-state index contributed by atoms with van der Waals surface area (Å²) in [6.07, 6.45) is 2.84. The Balaban J connectivity index is 1.55. The number of hydrogen-bond acceptors (Lipinski definition) is 5. The van der Waals surface area contributed by atoms with Crippen molar-refractivity contribution in [3.8, 4) is 0 Å². The van der Waals surface area contributed by atoms with Gasteiger partial charge in [0.15, 0.2) is 0 Å². The average Bonchev–Trinajstić information content (AvgIpc) is 3.33. The number of hydrogen-bond donors (Lipinski definition) is 1. The maximum atomic E-state index is 12.6. The van der Waals surface area contributed by atoms with E-state index in [4.69, 9.17) is 4.98 Å². The Morgan fingerprint density at radius 3 is 2.96 bits per heavy atom. The molecule has 1 aliphatic rings.